The second kappa shape index (κ2) is 6.21. The summed E-state index contributed by atoms with van der Waals surface area (Å²) in [6.45, 7) is 4.52. The number of rotatable bonds is 5. The van der Waals surface area contributed by atoms with E-state index in [2.05, 4.69) is 50.0 Å². The van der Waals surface area contributed by atoms with Gasteiger partial charge in [0.2, 0.25) is 5.95 Å². The van der Waals surface area contributed by atoms with Crippen LogP contribution < -0.4 is 10.6 Å². The number of nitrogens with zero attached hydrogens (tertiary/aromatic N) is 4. The number of anilines is 3. The fourth-order valence-electron chi connectivity index (χ4n) is 2.00. The van der Waals surface area contributed by atoms with Gasteiger partial charge in [-0.25, -0.2) is 0 Å². The molecule has 7 nitrogen and oxygen atoms in total. The summed E-state index contributed by atoms with van der Waals surface area (Å²) < 4.78 is 4.99. The summed E-state index contributed by atoms with van der Waals surface area (Å²) in [5.74, 6) is 2.31. The molecule has 0 fully saturated rings. The number of nitrogens with one attached hydrogen (secondary N) is 2. The Hall–Kier alpha value is -2.96. The molecule has 1 aromatic carbocycles. The standard InChI is InChI=1S/C15H16N6O/c1-10-4-3-5-12(6-10)8-16-15-19-14(9-17-20-15)18-13-7-11(2)22-21-13/h3-7,9H,8H2,1-2H3,(H2,16,18,19,20,21). The van der Waals surface area contributed by atoms with Gasteiger partial charge in [-0.1, -0.05) is 35.0 Å². The molecule has 3 rings (SSSR count). The first-order valence-electron chi connectivity index (χ1n) is 6.88. The van der Waals surface area contributed by atoms with Crippen LogP contribution in [0.15, 0.2) is 41.1 Å². The van der Waals surface area contributed by atoms with Crippen molar-refractivity contribution >= 4 is 17.6 Å². The molecule has 7 heteroatoms. The lowest BCUT2D eigenvalue weighted by atomic mass is 10.1. The molecule has 0 bridgehead atoms. The van der Waals surface area contributed by atoms with Crippen molar-refractivity contribution in [2.24, 2.45) is 0 Å². The van der Waals surface area contributed by atoms with Crippen LogP contribution in [0.3, 0.4) is 0 Å². The largest absolute Gasteiger partial charge is 0.360 e. The number of benzene rings is 1. The fourth-order valence-corrected chi connectivity index (χ4v) is 2.00. The van der Waals surface area contributed by atoms with Crippen molar-refractivity contribution < 1.29 is 4.52 Å². The van der Waals surface area contributed by atoms with Crippen LogP contribution in [0.4, 0.5) is 17.6 Å². The van der Waals surface area contributed by atoms with Crippen LogP contribution in [-0.2, 0) is 6.54 Å². The molecule has 0 amide bonds. The van der Waals surface area contributed by atoms with Gasteiger partial charge in [-0.15, -0.1) is 5.10 Å². The van der Waals surface area contributed by atoms with Crippen LogP contribution >= 0.6 is 0 Å². The minimum absolute atomic E-state index is 0.451. The SMILES string of the molecule is Cc1cccc(CNc2nncc(Nc3cc(C)on3)n2)c1. The Bertz CT molecular complexity index is 770. The molecule has 0 aliphatic heterocycles. The molecule has 2 heterocycles. The zero-order chi connectivity index (χ0) is 15.4. The van der Waals surface area contributed by atoms with Gasteiger partial charge in [0.25, 0.3) is 0 Å². The number of hydrogen-bond acceptors (Lipinski definition) is 7. The smallest absolute Gasteiger partial charge is 0.244 e. The second-order valence-electron chi connectivity index (χ2n) is 4.96. The molecule has 22 heavy (non-hydrogen) atoms. The van der Waals surface area contributed by atoms with Crippen LogP contribution in [0.1, 0.15) is 16.9 Å². The Balaban J connectivity index is 1.66. The molecule has 0 aliphatic rings. The zero-order valence-electron chi connectivity index (χ0n) is 12.4. The van der Waals surface area contributed by atoms with E-state index in [1.807, 2.05) is 19.1 Å². The van der Waals surface area contributed by atoms with Crippen LogP contribution in [0.2, 0.25) is 0 Å². The lowest BCUT2D eigenvalue weighted by molar-refractivity contribution is 0.400. The van der Waals surface area contributed by atoms with E-state index >= 15 is 0 Å². The van der Waals surface area contributed by atoms with Crippen LogP contribution in [0.25, 0.3) is 0 Å². The molecule has 2 aromatic heterocycles. The highest BCUT2D eigenvalue weighted by Gasteiger charge is 2.04. The van der Waals surface area contributed by atoms with Gasteiger partial charge >= 0.3 is 0 Å². The molecule has 2 N–H and O–H groups in total. The first-order valence-corrected chi connectivity index (χ1v) is 6.88. The van der Waals surface area contributed by atoms with E-state index in [1.165, 1.54) is 11.8 Å². The van der Waals surface area contributed by atoms with Crippen molar-refractivity contribution in [3.8, 4) is 0 Å². The molecule has 0 spiro atoms. The molecular weight excluding hydrogens is 280 g/mol. The Morgan fingerprint density at radius 2 is 2.05 bits per heavy atom. The average Bonchev–Trinajstić information content (AvgIpc) is 2.91. The highest BCUT2D eigenvalue weighted by molar-refractivity contribution is 5.51. The summed E-state index contributed by atoms with van der Waals surface area (Å²) in [5, 5.41) is 17.9. The topological polar surface area (TPSA) is 88.8 Å². The zero-order valence-corrected chi connectivity index (χ0v) is 12.4. The lowest BCUT2D eigenvalue weighted by Crippen LogP contribution is -2.06. The van der Waals surface area contributed by atoms with Gasteiger partial charge in [0.15, 0.2) is 11.6 Å². The number of hydrogen-bond donors (Lipinski definition) is 2. The third-order valence-electron chi connectivity index (χ3n) is 2.98. The first kappa shape index (κ1) is 14.0. The molecule has 0 saturated heterocycles. The van der Waals surface area contributed by atoms with Crippen molar-refractivity contribution in [1.82, 2.24) is 20.3 Å². The fraction of sp³-hybridized carbons (Fsp3) is 0.200. The molecule has 0 unspecified atom stereocenters. The second-order valence-corrected chi connectivity index (χ2v) is 4.96. The van der Waals surface area contributed by atoms with Gasteiger partial charge in [0.05, 0.1) is 6.20 Å². The third-order valence-corrected chi connectivity index (χ3v) is 2.98. The normalized spacial score (nSPS) is 10.5. The average molecular weight is 296 g/mol. The molecule has 0 atom stereocenters. The van der Waals surface area contributed by atoms with Gasteiger partial charge in [-0.3, -0.25) is 0 Å². The van der Waals surface area contributed by atoms with Crippen molar-refractivity contribution in [2.75, 3.05) is 10.6 Å². The summed E-state index contributed by atoms with van der Waals surface area (Å²) in [6.07, 6.45) is 1.53. The van der Waals surface area contributed by atoms with E-state index < -0.39 is 0 Å². The predicted molar refractivity (Wildman–Crippen MR) is 82.9 cm³/mol. The summed E-state index contributed by atoms with van der Waals surface area (Å²) in [7, 11) is 0. The molecule has 0 radical (unpaired) electrons. The summed E-state index contributed by atoms with van der Waals surface area (Å²) >= 11 is 0. The Kier molecular flexibility index (Phi) is 3.95. The van der Waals surface area contributed by atoms with E-state index in [9.17, 15) is 0 Å². The molecule has 112 valence electrons. The summed E-state index contributed by atoms with van der Waals surface area (Å²) in [6, 6.07) is 10.0. The maximum absolute atomic E-state index is 4.99. The summed E-state index contributed by atoms with van der Waals surface area (Å²) in [5.41, 5.74) is 2.38. The van der Waals surface area contributed by atoms with Crippen molar-refractivity contribution in [2.45, 2.75) is 20.4 Å². The monoisotopic (exact) mass is 296 g/mol. The van der Waals surface area contributed by atoms with Crippen LogP contribution in [-0.4, -0.2) is 20.3 Å². The van der Waals surface area contributed by atoms with Crippen LogP contribution in [0, 0.1) is 13.8 Å². The van der Waals surface area contributed by atoms with Crippen molar-refractivity contribution in [3.05, 3.63) is 53.4 Å². The quantitative estimate of drug-likeness (QED) is 0.748. The minimum Gasteiger partial charge on any atom is -0.360 e. The van der Waals surface area contributed by atoms with Gasteiger partial charge in [0.1, 0.15) is 5.76 Å². The Morgan fingerprint density at radius 3 is 2.82 bits per heavy atom. The van der Waals surface area contributed by atoms with Gasteiger partial charge in [0, 0.05) is 12.6 Å². The van der Waals surface area contributed by atoms with Crippen molar-refractivity contribution in [1.29, 1.82) is 0 Å². The molecule has 0 aliphatic carbocycles. The summed E-state index contributed by atoms with van der Waals surface area (Å²) in [4.78, 5) is 4.34. The minimum atomic E-state index is 0.451. The van der Waals surface area contributed by atoms with E-state index in [1.54, 1.807) is 6.07 Å². The molecule has 0 saturated carbocycles. The Morgan fingerprint density at radius 1 is 1.14 bits per heavy atom. The van der Waals surface area contributed by atoms with E-state index in [4.69, 9.17) is 4.52 Å². The lowest BCUT2D eigenvalue weighted by Gasteiger charge is -2.06. The third kappa shape index (κ3) is 3.57. The molecular formula is C15H16N6O. The van der Waals surface area contributed by atoms with Gasteiger partial charge in [-0.05, 0) is 19.4 Å². The van der Waals surface area contributed by atoms with Gasteiger partial charge in [-0.2, -0.15) is 10.1 Å². The number of aromatic nitrogens is 4. The first-order chi connectivity index (χ1) is 10.7. The molecule has 3 aromatic rings. The highest BCUT2D eigenvalue weighted by atomic mass is 16.5. The Labute approximate surface area is 127 Å². The predicted octanol–water partition coefficient (Wildman–Crippen LogP) is 2.83. The highest BCUT2D eigenvalue weighted by Crippen LogP contribution is 2.14. The maximum Gasteiger partial charge on any atom is 0.244 e. The van der Waals surface area contributed by atoms with Crippen LogP contribution in [0.5, 0.6) is 0 Å². The van der Waals surface area contributed by atoms with E-state index in [0.29, 0.717) is 24.1 Å². The van der Waals surface area contributed by atoms with Gasteiger partial charge < -0.3 is 15.2 Å². The van der Waals surface area contributed by atoms with E-state index in [0.717, 1.165) is 11.3 Å². The maximum atomic E-state index is 4.99. The van der Waals surface area contributed by atoms with E-state index in [-0.39, 0.29) is 0 Å². The van der Waals surface area contributed by atoms with Crippen molar-refractivity contribution in [3.63, 3.8) is 0 Å². The number of aryl methyl sites for hydroxylation is 2.